The molecular weight excluding hydrogens is 220 g/mol. The second-order valence-electron chi connectivity index (χ2n) is 4.12. The highest BCUT2D eigenvalue weighted by atomic mass is 32.1. The molecule has 0 spiro atoms. The Labute approximate surface area is 100 Å². The SMILES string of the molecule is O=C(NCCc1cccs1)[C@H]1CCCCN1. The Bertz CT molecular complexity index is 318. The number of nitrogens with one attached hydrogen (secondary N) is 2. The van der Waals surface area contributed by atoms with Crippen LogP contribution in [-0.4, -0.2) is 25.0 Å². The molecule has 2 N–H and O–H groups in total. The molecule has 2 heterocycles. The van der Waals surface area contributed by atoms with Gasteiger partial charge < -0.3 is 10.6 Å². The minimum absolute atomic E-state index is 0.0390. The van der Waals surface area contributed by atoms with Crippen molar-refractivity contribution in [2.45, 2.75) is 31.7 Å². The first-order chi connectivity index (χ1) is 7.86. The summed E-state index contributed by atoms with van der Waals surface area (Å²) in [5.74, 6) is 0.163. The number of amides is 1. The Morgan fingerprint density at radius 2 is 2.50 bits per heavy atom. The molecule has 0 radical (unpaired) electrons. The number of thiophene rings is 1. The summed E-state index contributed by atoms with van der Waals surface area (Å²) in [4.78, 5) is 13.1. The van der Waals surface area contributed by atoms with Crippen LogP contribution in [-0.2, 0) is 11.2 Å². The number of hydrogen-bond donors (Lipinski definition) is 2. The van der Waals surface area contributed by atoms with Crippen LogP contribution in [0.2, 0.25) is 0 Å². The van der Waals surface area contributed by atoms with Crippen molar-refractivity contribution in [2.75, 3.05) is 13.1 Å². The van der Waals surface area contributed by atoms with E-state index in [2.05, 4.69) is 22.1 Å². The predicted octanol–water partition coefficient (Wildman–Crippen LogP) is 1.55. The monoisotopic (exact) mass is 238 g/mol. The molecule has 1 aliphatic heterocycles. The quantitative estimate of drug-likeness (QED) is 0.835. The Kier molecular flexibility index (Phi) is 4.36. The fourth-order valence-electron chi connectivity index (χ4n) is 1.96. The van der Waals surface area contributed by atoms with Crippen LogP contribution in [0.4, 0.5) is 0 Å². The van der Waals surface area contributed by atoms with Crippen molar-refractivity contribution in [1.82, 2.24) is 10.6 Å². The van der Waals surface area contributed by atoms with Gasteiger partial charge in [-0.1, -0.05) is 12.5 Å². The van der Waals surface area contributed by atoms with Crippen LogP contribution in [0.1, 0.15) is 24.1 Å². The van der Waals surface area contributed by atoms with Crippen LogP contribution in [0.25, 0.3) is 0 Å². The molecule has 88 valence electrons. The van der Waals surface area contributed by atoms with E-state index in [4.69, 9.17) is 0 Å². The van der Waals surface area contributed by atoms with E-state index in [9.17, 15) is 4.79 Å². The molecule has 1 aliphatic rings. The minimum atomic E-state index is 0.0390. The highest BCUT2D eigenvalue weighted by Crippen LogP contribution is 2.09. The molecule has 16 heavy (non-hydrogen) atoms. The normalized spacial score (nSPS) is 20.6. The first kappa shape index (κ1) is 11.6. The summed E-state index contributed by atoms with van der Waals surface area (Å²) >= 11 is 1.74. The molecule has 1 aromatic heterocycles. The van der Waals surface area contributed by atoms with E-state index in [-0.39, 0.29) is 11.9 Å². The standard InChI is InChI=1S/C12H18N2OS/c15-12(11-5-1-2-7-13-11)14-8-6-10-4-3-9-16-10/h3-4,9,11,13H,1-2,5-8H2,(H,14,15)/t11-/m1/s1. The second-order valence-corrected chi connectivity index (χ2v) is 5.16. The van der Waals surface area contributed by atoms with Gasteiger partial charge in [0.05, 0.1) is 6.04 Å². The van der Waals surface area contributed by atoms with Crippen LogP contribution in [0.3, 0.4) is 0 Å². The van der Waals surface area contributed by atoms with Gasteiger partial charge in [-0.25, -0.2) is 0 Å². The van der Waals surface area contributed by atoms with Crippen molar-refractivity contribution in [2.24, 2.45) is 0 Å². The Balaban J connectivity index is 1.67. The van der Waals surface area contributed by atoms with E-state index < -0.39 is 0 Å². The topological polar surface area (TPSA) is 41.1 Å². The van der Waals surface area contributed by atoms with Gasteiger partial charge in [-0.15, -0.1) is 11.3 Å². The molecule has 1 aromatic rings. The lowest BCUT2D eigenvalue weighted by molar-refractivity contribution is -0.123. The molecule has 0 bridgehead atoms. The fourth-order valence-corrected chi connectivity index (χ4v) is 2.67. The van der Waals surface area contributed by atoms with Crippen LogP contribution in [0, 0.1) is 0 Å². The summed E-state index contributed by atoms with van der Waals surface area (Å²) in [6.45, 7) is 1.72. The summed E-state index contributed by atoms with van der Waals surface area (Å²) < 4.78 is 0. The predicted molar refractivity (Wildman–Crippen MR) is 66.7 cm³/mol. The third-order valence-corrected chi connectivity index (χ3v) is 3.81. The maximum atomic E-state index is 11.8. The van der Waals surface area contributed by atoms with Crippen LogP contribution in [0.5, 0.6) is 0 Å². The highest BCUT2D eigenvalue weighted by Gasteiger charge is 2.19. The molecule has 0 unspecified atom stereocenters. The number of carbonyl (C=O) groups is 1. The maximum Gasteiger partial charge on any atom is 0.237 e. The Morgan fingerprint density at radius 3 is 3.19 bits per heavy atom. The van der Waals surface area contributed by atoms with Gasteiger partial charge in [0, 0.05) is 11.4 Å². The number of piperidine rings is 1. The van der Waals surface area contributed by atoms with E-state index in [1.807, 2.05) is 6.07 Å². The minimum Gasteiger partial charge on any atom is -0.354 e. The molecular formula is C12H18N2OS. The third-order valence-electron chi connectivity index (χ3n) is 2.88. The zero-order valence-corrected chi connectivity index (χ0v) is 10.2. The number of rotatable bonds is 4. The van der Waals surface area contributed by atoms with Gasteiger partial charge >= 0.3 is 0 Å². The van der Waals surface area contributed by atoms with Crippen molar-refractivity contribution < 1.29 is 4.79 Å². The van der Waals surface area contributed by atoms with Gasteiger partial charge in [0.15, 0.2) is 0 Å². The molecule has 0 aromatic carbocycles. The van der Waals surface area contributed by atoms with Gasteiger partial charge in [0.1, 0.15) is 0 Å². The largest absolute Gasteiger partial charge is 0.354 e. The van der Waals surface area contributed by atoms with E-state index in [1.54, 1.807) is 11.3 Å². The summed E-state index contributed by atoms with van der Waals surface area (Å²) in [5.41, 5.74) is 0. The van der Waals surface area contributed by atoms with Crippen LogP contribution >= 0.6 is 11.3 Å². The lowest BCUT2D eigenvalue weighted by Crippen LogP contribution is -2.47. The van der Waals surface area contributed by atoms with Crippen molar-refractivity contribution in [3.8, 4) is 0 Å². The first-order valence-corrected chi connectivity index (χ1v) is 6.78. The first-order valence-electron chi connectivity index (χ1n) is 5.90. The fraction of sp³-hybridized carbons (Fsp3) is 0.583. The average Bonchev–Trinajstić information content (AvgIpc) is 2.83. The van der Waals surface area contributed by atoms with Crippen molar-refractivity contribution in [1.29, 1.82) is 0 Å². The molecule has 4 heteroatoms. The van der Waals surface area contributed by atoms with Gasteiger partial charge in [0.25, 0.3) is 0 Å². The molecule has 3 nitrogen and oxygen atoms in total. The zero-order valence-electron chi connectivity index (χ0n) is 9.37. The second kappa shape index (κ2) is 6.01. The average molecular weight is 238 g/mol. The molecule has 0 saturated carbocycles. The highest BCUT2D eigenvalue weighted by molar-refractivity contribution is 7.09. The zero-order chi connectivity index (χ0) is 11.2. The molecule has 2 rings (SSSR count). The molecule has 0 aliphatic carbocycles. The van der Waals surface area contributed by atoms with E-state index in [0.29, 0.717) is 0 Å². The molecule has 1 fully saturated rings. The van der Waals surface area contributed by atoms with Crippen molar-refractivity contribution >= 4 is 17.2 Å². The van der Waals surface area contributed by atoms with E-state index >= 15 is 0 Å². The van der Waals surface area contributed by atoms with Gasteiger partial charge in [0.2, 0.25) is 5.91 Å². The molecule has 1 saturated heterocycles. The number of hydrogen-bond acceptors (Lipinski definition) is 3. The Hall–Kier alpha value is -0.870. The maximum absolute atomic E-state index is 11.8. The summed E-state index contributed by atoms with van der Waals surface area (Å²) in [6.07, 6.45) is 4.27. The van der Waals surface area contributed by atoms with Gasteiger partial charge in [-0.05, 0) is 37.3 Å². The summed E-state index contributed by atoms with van der Waals surface area (Å²) in [6, 6.07) is 4.19. The van der Waals surface area contributed by atoms with Crippen molar-refractivity contribution in [3.05, 3.63) is 22.4 Å². The smallest absolute Gasteiger partial charge is 0.237 e. The summed E-state index contributed by atoms with van der Waals surface area (Å²) in [5, 5.41) is 8.32. The summed E-state index contributed by atoms with van der Waals surface area (Å²) in [7, 11) is 0. The van der Waals surface area contributed by atoms with Crippen LogP contribution < -0.4 is 10.6 Å². The number of carbonyl (C=O) groups excluding carboxylic acids is 1. The lowest BCUT2D eigenvalue weighted by atomic mass is 10.0. The van der Waals surface area contributed by atoms with E-state index in [0.717, 1.165) is 32.4 Å². The van der Waals surface area contributed by atoms with Crippen LogP contribution in [0.15, 0.2) is 17.5 Å². The lowest BCUT2D eigenvalue weighted by Gasteiger charge is -2.22. The molecule has 1 atom stereocenters. The van der Waals surface area contributed by atoms with Gasteiger partial charge in [-0.2, -0.15) is 0 Å². The molecule has 1 amide bonds. The van der Waals surface area contributed by atoms with Gasteiger partial charge in [-0.3, -0.25) is 4.79 Å². The van der Waals surface area contributed by atoms with Crippen molar-refractivity contribution in [3.63, 3.8) is 0 Å². The van der Waals surface area contributed by atoms with E-state index in [1.165, 1.54) is 11.3 Å². The Morgan fingerprint density at radius 1 is 1.56 bits per heavy atom. The third kappa shape index (κ3) is 3.32.